The zero-order valence-corrected chi connectivity index (χ0v) is 14.0. The van der Waals surface area contributed by atoms with Gasteiger partial charge in [-0.15, -0.1) is 0 Å². The number of rotatable bonds is 6. The molecule has 0 N–H and O–H groups in total. The molecule has 0 fully saturated rings. The molecule has 0 amide bonds. The molecule has 0 saturated heterocycles. The lowest BCUT2D eigenvalue weighted by Crippen LogP contribution is -2.27. The first-order valence-electron chi connectivity index (χ1n) is 6.50. The van der Waals surface area contributed by atoms with Gasteiger partial charge in [0.2, 0.25) is 16.4 Å². The summed E-state index contributed by atoms with van der Waals surface area (Å²) in [5.74, 6) is 0.534. The Balaban J connectivity index is 2.41. The Morgan fingerprint density at radius 1 is 1.41 bits per heavy atom. The van der Waals surface area contributed by atoms with E-state index in [-0.39, 0.29) is 23.0 Å². The number of halogens is 1. The van der Waals surface area contributed by atoms with Gasteiger partial charge in [0.05, 0.1) is 13.2 Å². The molecule has 2 aromatic rings. The highest BCUT2D eigenvalue weighted by molar-refractivity contribution is 7.89. The number of nitrogens with zero attached hydrogens (tertiary/aromatic N) is 3. The highest BCUT2D eigenvalue weighted by Gasteiger charge is 2.27. The number of hydrogen-bond donors (Lipinski definition) is 0. The normalized spacial score (nSPS) is 11.9. The summed E-state index contributed by atoms with van der Waals surface area (Å²) >= 11 is 6.06. The molecule has 22 heavy (non-hydrogen) atoms. The van der Waals surface area contributed by atoms with Crippen molar-refractivity contribution < 1.29 is 17.7 Å². The molecule has 7 nitrogen and oxygen atoms in total. The van der Waals surface area contributed by atoms with Crippen LogP contribution in [0.5, 0.6) is 5.75 Å². The molecule has 1 heterocycles. The van der Waals surface area contributed by atoms with E-state index in [1.807, 2.05) is 0 Å². The van der Waals surface area contributed by atoms with E-state index in [4.69, 9.17) is 16.3 Å². The maximum absolute atomic E-state index is 12.7. The first kappa shape index (κ1) is 16.7. The highest BCUT2D eigenvalue weighted by Crippen LogP contribution is 2.32. The molecule has 0 spiro atoms. The second-order valence-electron chi connectivity index (χ2n) is 4.59. The molecule has 0 atom stereocenters. The monoisotopic (exact) mass is 345 g/mol. The van der Waals surface area contributed by atoms with Gasteiger partial charge in [-0.2, -0.15) is 9.29 Å². The van der Waals surface area contributed by atoms with Crippen molar-refractivity contribution in [2.45, 2.75) is 25.3 Å². The molecule has 0 aliphatic rings. The molecule has 120 valence electrons. The van der Waals surface area contributed by atoms with Gasteiger partial charge in [-0.3, -0.25) is 0 Å². The van der Waals surface area contributed by atoms with Crippen molar-refractivity contribution in [3.05, 3.63) is 34.9 Å². The zero-order chi connectivity index (χ0) is 16.3. The van der Waals surface area contributed by atoms with E-state index in [2.05, 4.69) is 14.7 Å². The van der Waals surface area contributed by atoms with E-state index >= 15 is 0 Å². The maximum atomic E-state index is 12.7. The second-order valence-corrected chi connectivity index (χ2v) is 7.01. The number of hydrogen-bond acceptors (Lipinski definition) is 6. The van der Waals surface area contributed by atoms with E-state index in [0.717, 1.165) is 16.3 Å². The van der Waals surface area contributed by atoms with Gasteiger partial charge < -0.3 is 9.26 Å². The average Bonchev–Trinajstić information content (AvgIpc) is 2.95. The lowest BCUT2D eigenvalue weighted by Gasteiger charge is -2.18. The number of sulfonamides is 1. The van der Waals surface area contributed by atoms with Gasteiger partial charge in [0.1, 0.15) is 10.6 Å². The van der Waals surface area contributed by atoms with Crippen LogP contribution in [0.2, 0.25) is 5.02 Å². The number of benzene rings is 1. The van der Waals surface area contributed by atoms with Gasteiger partial charge >= 0.3 is 0 Å². The fraction of sp³-hybridized carbons (Fsp3) is 0.385. The molecule has 2 rings (SSSR count). The van der Waals surface area contributed by atoms with E-state index in [9.17, 15) is 8.42 Å². The van der Waals surface area contributed by atoms with Crippen molar-refractivity contribution in [1.29, 1.82) is 0 Å². The summed E-state index contributed by atoms with van der Waals surface area (Å²) in [6, 6.07) is 3.00. The fourth-order valence-corrected chi connectivity index (χ4v) is 3.31. The first-order chi connectivity index (χ1) is 10.4. The number of ether oxygens (including phenoxy) is 1. The van der Waals surface area contributed by atoms with Crippen LogP contribution in [0, 0.1) is 6.92 Å². The zero-order valence-electron chi connectivity index (χ0n) is 12.4. The van der Waals surface area contributed by atoms with Crippen molar-refractivity contribution in [1.82, 2.24) is 14.4 Å². The largest absolute Gasteiger partial charge is 0.492 e. The van der Waals surface area contributed by atoms with Crippen molar-refractivity contribution in [3.63, 3.8) is 0 Å². The maximum Gasteiger partial charge on any atom is 0.246 e. The van der Waals surface area contributed by atoms with Gasteiger partial charge in [-0.05, 0) is 31.5 Å². The van der Waals surface area contributed by atoms with Gasteiger partial charge in [-0.25, -0.2) is 8.42 Å². The SMILES string of the molecule is CCOc1cc(C)c(Cl)cc1S(=O)(=O)N(C)Cc1ncon1. The molecule has 0 bridgehead atoms. The Morgan fingerprint density at radius 2 is 2.14 bits per heavy atom. The van der Waals surface area contributed by atoms with Gasteiger partial charge in [0, 0.05) is 12.1 Å². The summed E-state index contributed by atoms with van der Waals surface area (Å²) in [6.07, 6.45) is 1.14. The molecule has 1 aromatic carbocycles. The molecule has 0 aliphatic heterocycles. The van der Waals surface area contributed by atoms with E-state index in [1.165, 1.54) is 13.1 Å². The van der Waals surface area contributed by atoms with Gasteiger partial charge in [-0.1, -0.05) is 16.8 Å². The lowest BCUT2D eigenvalue weighted by atomic mass is 10.2. The molecule has 1 aromatic heterocycles. The molecule has 0 unspecified atom stereocenters. The Morgan fingerprint density at radius 3 is 2.73 bits per heavy atom. The summed E-state index contributed by atoms with van der Waals surface area (Å²) in [5, 5.41) is 3.96. The van der Waals surface area contributed by atoms with Crippen LogP contribution in [-0.4, -0.2) is 36.5 Å². The van der Waals surface area contributed by atoms with Crippen LogP contribution < -0.4 is 4.74 Å². The third kappa shape index (κ3) is 3.40. The lowest BCUT2D eigenvalue weighted by molar-refractivity contribution is 0.329. The average molecular weight is 346 g/mol. The van der Waals surface area contributed by atoms with Crippen molar-refractivity contribution in [2.24, 2.45) is 0 Å². The molecule has 0 aliphatic carbocycles. The smallest absolute Gasteiger partial charge is 0.246 e. The summed E-state index contributed by atoms with van der Waals surface area (Å²) in [6.45, 7) is 3.89. The van der Waals surface area contributed by atoms with Crippen LogP contribution in [0.1, 0.15) is 18.3 Å². The number of aromatic nitrogens is 2. The standard InChI is InChI=1S/C13H16ClN3O4S/c1-4-20-11-5-9(2)10(14)6-12(11)22(18,19)17(3)7-13-15-8-21-16-13/h5-6,8H,4,7H2,1-3H3. The minimum Gasteiger partial charge on any atom is -0.492 e. The summed E-state index contributed by atoms with van der Waals surface area (Å²) in [5.41, 5.74) is 0.741. The Kier molecular flexibility index (Phi) is 5.05. The second kappa shape index (κ2) is 6.64. The minimum atomic E-state index is -3.80. The van der Waals surface area contributed by atoms with Gasteiger partial charge in [0.25, 0.3) is 0 Å². The van der Waals surface area contributed by atoms with Gasteiger partial charge in [0.15, 0.2) is 5.82 Å². The van der Waals surface area contributed by atoms with E-state index in [1.54, 1.807) is 19.9 Å². The van der Waals surface area contributed by atoms with E-state index < -0.39 is 10.0 Å². The van der Waals surface area contributed by atoms with Crippen molar-refractivity contribution in [3.8, 4) is 5.75 Å². The van der Waals surface area contributed by atoms with Crippen molar-refractivity contribution >= 4 is 21.6 Å². The third-order valence-electron chi connectivity index (χ3n) is 2.98. The minimum absolute atomic E-state index is 0.0101. The molecule has 9 heteroatoms. The quantitative estimate of drug-likeness (QED) is 0.798. The molecular formula is C13H16ClN3O4S. The highest BCUT2D eigenvalue weighted by atomic mass is 35.5. The van der Waals surface area contributed by atoms with Crippen LogP contribution in [0.3, 0.4) is 0 Å². The van der Waals surface area contributed by atoms with Crippen LogP contribution in [0.15, 0.2) is 27.9 Å². The van der Waals surface area contributed by atoms with Crippen LogP contribution >= 0.6 is 11.6 Å². The topological polar surface area (TPSA) is 85.5 Å². The van der Waals surface area contributed by atoms with Crippen LogP contribution in [-0.2, 0) is 16.6 Å². The fourth-order valence-electron chi connectivity index (χ4n) is 1.82. The Bertz CT molecular complexity index is 747. The predicted octanol–water partition coefficient (Wildman–Crippen LogP) is 2.25. The van der Waals surface area contributed by atoms with Crippen molar-refractivity contribution in [2.75, 3.05) is 13.7 Å². The predicted molar refractivity (Wildman–Crippen MR) is 80.3 cm³/mol. The van der Waals surface area contributed by atoms with Crippen LogP contribution in [0.4, 0.5) is 0 Å². The third-order valence-corrected chi connectivity index (χ3v) is 5.22. The molecule has 0 saturated carbocycles. The van der Waals surface area contributed by atoms with E-state index in [0.29, 0.717) is 11.6 Å². The Labute approximate surface area is 133 Å². The summed E-state index contributed by atoms with van der Waals surface area (Å²) < 4.78 is 36.6. The van der Waals surface area contributed by atoms with Crippen LogP contribution in [0.25, 0.3) is 0 Å². The number of aryl methyl sites for hydroxylation is 1. The molecule has 0 radical (unpaired) electrons. The Hall–Kier alpha value is -1.64. The molecular weight excluding hydrogens is 330 g/mol. The summed E-state index contributed by atoms with van der Waals surface area (Å²) in [4.78, 5) is 3.82. The summed E-state index contributed by atoms with van der Waals surface area (Å²) in [7, 11) is -2.38. The first-order valence-corrected chi connectivity index (χ1v) is 8.32.